The van der Waals surface area contributed by atoms with Gasteiger partial charge in [-0.1, -0.05) is 0 Å². The van der Waals surface area contributed by atoms with Crippen molar-refractivity contribution in [2.75, 3.05) is 0 Å². The number of hydroxylamine groups is 1. The van der Waals surface area contributed by atoms with Crippen LogP contribution in [0.25, 0.3) is 0 Å². The molecule has 13 heavy (non-hydrogen) atoms. The van der Waals surface area contributed by atoms with Crippen LogP contribution in [0.5, 0.6) is 0 Å². The van der Waals surface area contributed by atoms with E-state index in [1.807, 2.05) is 5.48 Å². The Morgan fingerprint density at radius 3 is 3.15 bits per heavy atom. The van der Waals surface area contributed by atoms with E-state index in [0.717, 1.165) is 0 Å². The van der Waals surface area contributed by atoms with Gasteiger partial charge in [0.1, 0.15) is 12.4 Å². The maximum Gasteiger partial charge on any atom is 0.336 e. The Labute approximate surface area is 75.1 Å². The molecule has 0 spiro atoms. The number of nitrogens with zero attached hydrogens (tertiary/aromatic N) is 2. The van der Waals surface area contributed by atoms with Crippen LogP contribution in [0.2, 0.25) is 0 Å². The number of nitrogens with one attached hydrogen (secondary N) is 1. The Bertz CT molecular complexity index is 302. The number of aromatic nitrogens is 2. The van der Waals surface area contributed by atoms with Gasteiger partial charge in [0.15, 0.2) is 0 Å². The van der Waals surface area contributed by atoms with Crippen LogP contribution in [0.1, 0.15) is 11.5 Å². The average molecular weight is 182 g/mol. The van der Waals surface area contributed by atoms with Crippen LogP contribution in [0.4, 0.5) is 4.79 Å². The zero-order valence-electron chi connectivity index (χ0n) is 7.15. The quantitative estimate of drug-likeness (QED) is 0.638. The van der Waals surface area contributed by atoms with Crippen LogP contribution in [0.15, 0.2) is 12.3 Å². The van der Waals surface area contributed by atoms with Gasteiger partial charge in [-0.25, -0.2) is 20.2 Å². The van der Waals surface area contributed by atoms with Crippen molar-refractivity contribution in [2.45, 2.75) is 13.5 Å². The molecule has 70 valence electrons. The minimum atomic E-state index is -0.731. The van der Waals surface area contributed by atoms with Crippen LogP contribution in [-0.4, -0.2) is 16.0 Å². The van der Waals surface area contributed by atoms with Gasteiger partial charge in [0.25, 0.3) is 0 Å². The molecule has 1 rings (SSSR count). The zero-order valence-corrected chi connectivity index (χ0v) is 7.15. The Morgan fingerprint density at radius 2 is 2.54 bits per heavy atom. The van der Waals surface area contributed by atoms with Crippen LogP contribution in [0, 0.1) is 6.92 Å². The molecule has 0 saturated carbocycles. The van der Waals surface area contributed by atoms with Gasteiger partial charge in [-0.2, -0.15) is 0 Å². The number of aryl methyl sites for hydroxylation is 1. The summed E-state index contributed by atoms with van der Waals surface area (Å²) in [6.07, 6.45) is 1.62. The molecule has 6 nitrogen and oxygen atoms in total. The number of carbonyl (C=O) groups is 1. The highest BCUT2D eigenvalue weighted by Crippen LogP contribution is 1.95. The van der Waals surface area contributed by atoms with Gasteiger partial charge in [0, 0.05) is 6.20 Å². The lowest BCUT2D eigenvalue weighted by Gasteiger charge is -2.02. The number of nitrogens with two attached hydrogens (primary N) is 1. The van der Waals surface area contributed by atoms with Crippen molar-refractivity contribution >= 4 is 6.03 Å². The molecule has 2 amide bonds. The number of hydrogen-bond acceptors (Lipinski definition) is 4. The number of hydrogen-bond donors (Lipinski definition) is 2. The molecule has 0 aliphatic heterocycles. The molecule has 0 aromatic carbocycles. The standard InChI is InChI=1S/C7H10N4O2/c1-5-9-3-2-6(10-5)4-13-11-7(8)12/h2-3H,4H2,1H3,(H3,8,11,12). The largest absolute Gasteiger partial charge is 0.350 e. The lowest BCUT2D eigenvalue weighted by atomic mass is 10.4. The molecule has 0 aliphatic rings. The number of carbonyl (C=O) groups excluding carboxylic acids is 1. The first-order valence-electron chi connectivity index (χ1n) is 3.64. The Kier molecular flexibility index (Phi) is 3.15. The third-order valence-electron chi connectivity index (χ3n) is 1.23. The minimum Gasteiger partial charge on any atom is -0.350 e. The summed E-state index contributed by atoms with van der Waals surface area (Å²) in [6, 6.07) is 0.959. The Balaban J connectivity index is 2.41. The van der Waals surface area contributed by atoms with Gasteiger partial charge in [0.05, 0.1) is 5.69 Å². The molecule has 0 fully saturated rings. The molecule has 1 aromatic heterocycles. The molecule has 1 aromatic rings. The van der Waals surface area contributed by atoms with Crippen molar-refractivity contribution in [1.82, 2.24) is 15.4 Å². The zero-order chi connectivity index (χ0) is 9.68. The maximum atomic E-state index is 10.2. The van der Waals surface area contributed by atoms with Crippen molar-refractivity contribution in [2.24, 2.45) is 5.73 Å². The fraction of sp³-hybridized carbons (Fsp3) is 0.286. The van der Waals surface area contributed by atoms with Crippen molar-refractivity contribution in [1.29, 1.82) is 0 Å². The van der Waals surface area contributed by atoms with E-state index in [1.54, 1.807) is 19.2 Å². The molecule has 1 heterocycles. The van der Waals surface area contributed by atoms with Gasteiger partial charge >= 0.3 is 6.03 Å². The van der Waals surface area contributed by atoms with Crippen LogP contribution in [-0.2, 0) is 11.4 Å². The molecule has 0 unspecified atom stereocenters. The predicted octanol–water partition coefficient (Wildman–Crippen LogP) is -0.115. The summed E-state index contributed by atoms with van der Waals surface area (Å²) < 4.78 is 0. The maximum absolute atomic E-state index is 10.2. The fourth-order valence-electron chi connectivity index (χ4n) is 0.767. The highest BCUT2D eigenvalue weighted by molar-refractivity contribution is 5.70. The summed E-state index contributed by atoms with van der Waals surface area (Å²) in [5, 5.41) is 0. The van der Waals surface area contributed by atoms with E-state index in [2.05, 4.69) is 9.97 Å². The number of rotatable bonds is 3. The van der Waals surface area contributed by atoms with Crippen LogP contribution >= 0.6 is 0 Å². The number of amides is 2. The Hall–Kier alpha value is -1.69. The fourth-order valence-corrected chi connectivity index (χ4v) is 0.767. The molecular formula is C7H10N4O2. The molecule has 0 radical (unpaired) electrons. The molecule has 0 bridgehead atoms. The van der Waals surface area contributed by atoms with Gasteiger partial charge in [-0.3, -0.25) is 4.84 Å². The minimum absolute atomic E-state index is 0.173. The number of urea groups is 1. The normalized spacial score (nSPS) is 9.62. The van der Waals surface area contributed by atoms with Crippen molar-refractivity contribution < 1.29 is 9.63 Å². The lowest BCUT2D eigenvalue weighted by Crippen LogP contribution is -2.29. The van der Waals surface area contributed by atoms with E-state index < -0.39 is 6.03 Å². The third-order valence-corrected chi connectivity index (χ3v) is 1.23. The second kappa shape index (κ2) is 4.36. The first-order chi connectivity index (χ1) is 6.18. The highest BCUT2D eigenvalue weighted by atomic mass is 16.7. The van der Waals surface area contributed by atoms with Crippen LogP contribution < -0.4 is 11.2 Å². The monoisotopic (exact) mass is 182 g/mol. The third kappa shape index (κ3) is 3.48. The van der Waals surface area contributed by atoms with Gasteiger partial charge < -0.3 is 5.73 Å². The summed E-state index contributed by atoms with van der Waals surface area (Å²) >= 11 is 0. The molecule has 3 N–H and O–H groups in total. The topological polar surface area (TPSA) is 90.1 Å². The first kappa shape index (κ1) is 9.40. The highest BCUT2D eigenvalue weighted by Gasteiger charge is 1.96. The Morgan fingerprint density at radius 1 is 1.77 bits per heavy atom. The summed E-state index contributed by atoms with van der Waals surface area (Å²) in [5.41, 5.74) is 7.45. The van der Waals surface area contributed by atoms with Gasteiger partial charge in [-0.05, 0) is 13.0 Å². The van der Waals surface area contributed by atoms with Crippen molar-refractivity contribution in [3.05, 3.63) is 23.8 Å². The summed E-state index contributed by atoms with van der Waals surface area (Å²) in [4.78, 5) is 22.9. The number of primary amides is 1. The van der Waals surface area contributed by atoms with Crippen molar-refractivity contribution in [3.63, 3.8) is 0 Å². The summed E-state index contributed by atoms with van der Waals surface area (Å²) in [6.45, 7) is 1.94. The average Bonchev–Trinajstić information content (AvgIpc) is 2.03. The summed E-state index contributed by atoms with van der Waals surface area (Å²) in [7, 11) is 0. The molecule has 6 heteroatoms. The van der Waals surface area contributed by atoms with Gasteiger partial charge in [-0.15, -0.1) is 0 Å². The molecule has 0 atom stereocenters. The predicted molar refractivity (Wildman–Crippen MR) is 44.3 cm³/mol. The molecule has 0 saturated heterocycles. The van der Waals surface area contributed by atoms with Crippen LogP contribution in [0.3, 0.4) is 0 Å². The van der Waals surface area contributed by atoms with Crippen molar-refractivity contribution in [3.8, 4) is 0 Å². The summed E-state index contributed by atoms with van der Waals surface area (Å²) in [5.74, 6) is 0.653. The second-order valence-electron chi connectivity index (χ2n) is 2.35. The van der Waals surface area contributed by atoms with E-state index in [-0.39, 0.29) is 6.61 Å². The smallest absolute Gasteiger partial charge is 0.336 e. The van der Waals surface area contributed by atoms with E-state index in [4.69, 9.17) is 10.6 Å². The van der Waals surface area contributed by atoms with Gasteiger partial charge in [0.2, 0.25) is 0 Å². The van der Waals surface area contributed by atoms with E-state index in [1.165, 1.54) is 0 Å². The first-order valence-corrected chi connectivity index (χ1v) is 3.64. The molecular weight excluding hydrogens is 172 g/mol. The second-order valence-corrected chi connectivity index (χ2v) is 2.35. The lowest BCUT2D eigenvalue weighted by molar-refractivity contribution is 0.0501. The molecule has 0 aliphatic carbocycles. The SMILES string of the molecule is Cc1nccc(CONC(N)=O)n1. The van der Waals surface area contributed by atoms with E-state index in [0.29, 0.717) is 11.5 Å². The van der Waals surface area contributed by atoms with E-state index in [9.17, 15) is 4.79 Å². The van der Waals surface area contributed by atoms with E-state index >= 15 is 0 Å².